The van der Waals surface area contributed by atoms with Gasteiger partial charge in [-0.15, -0.1) is 0 Å². The van der Waals surface area contributed by atoms with Crippen LogP contribution in [0, 0.1) is 0 Å². The molecule has 0 spiro atoms. The maximum atomic E-state index is 11.8. The first-order chi connectivity index (χ1) is 7.31. The van der Waals surface area contributed by atoms with E-state index in [-0.39, 0.29) is 6.54 Å². The van der Waals surface area contributed by atoms with Crippen molar-refractivity contribution >= 4 is 10.2 Å². The molecule has 0 aromatic heterocycles. The van der Waals surface area contributed by atoms with Gasteiger partial charge in [-0.05, 0) is 19.3 Å². The van der Waals surface area contributed by atoms with E-state index < -0.39 is 15.7 Å². The van der Waals surface area contributed by atoms with Crippen molar-refractivity contribution in [3.05, 3.63) is 0 Å². The van der Waals surface area contributed by atoms with Gasteiger partial charge < -0.3 is 5.73 Å². The predicted octanol–water partition coefficient (Wildman–Crippen LogP) is 0.680. The van der Waals surface area contributed by atoms with E-state index in [0.717, 1.165) is 19.3 Å². The van der Waals surface area contributed by atoms with Gasteiger partial charge in [-0.25, -0.2) is 4.72 Å². The lowest BCUT2D eigenvalue weighted by molar-refractivity contribution is 0.381. The van der Waals surface area contributed by atoms with Crippen LogP contribution in [0.5, 0.6) is 0 Å². The molecule has 3 N–H and O–H groups in total. The summed E-state index contributed by atoms with van der Waals surface area (Å²) in [5.74, 6) is 0. The molecule has 0 rings (SSSR count). The summed E-state index contributed by atoms with van der Waals surface area (Å²) in [5.41, 5.74) is 5.59. The number of nitrogens with two attached hydrogens (primary N) is 1. The molecule has 6 heteroatoms. The molecule has 0 aliphatic rings. The van der Waals surface area contributed by atoms with Crippen LogP contribution in [0.4, 0.5) is 0 Å². The standard InChI is InChI=1S/C10H25N3O2S/c1-5-8-13(4)16(14,15)12-9-10(11,6-2)7-3/h12H,5-9,11H2,1-4H3. The van der Waals surface area contributed by atoms with Crippen LogP contribution in [0.25, 0.3) is 0 Å². The summed E-state index contributed by atoms with van der Waals surface area (Å²) in [6.07, 6.45) is 2.31. The maximum Gasteiger partial charge on any atom is 0.279 e. The third-order valence-electron chi connectivity index (χ3n) is 2.96. The van der Waals surface area contributed by atoms with Crippen LogP contribution in [0.3, 0.4) is 0 Å². The van der Waals surface area contributed by atoms with Gasteiger partial charge in [0.15, 0.2) is 0 Å². The van der Waals surface area contributed by atoms with Gasteiger partial charge in [0.1, 0.15) is 0 Å². The van der Waals surface area contributed by atoms with Gasteiger partial charge in [-0.2, -0.15) is 12.7 Å². The Morgan fingerprint density at radius 3 is 2.12 bits per heavy atom. The Morgan fingerprint density at radius 1 is 1.25 bits per heavy atom. The molecule has 0 aromatic rings. The summed E-state index contributed by atoms with van der Waals surface area (Å²) in [4.78, 5) is 0. The molecule has 0 radical (unpaired) electrons. The van der Waals surface area contributed by atoms with Crippen molar-refractivity contribution in [2.75, 3.05) is 20.1 Å². The number of hydrogen-bond acceptors (Lipinski definition) is 3. The van der Waals surface area contributed by atoms with E-state index in [0.29, 0.717) is 6.54 Å². The van der Waals surface area contributed by atoms with Crippen molar-refractivity contribution in [3.63, 3.8) is 0 Å². The second kappa shape index (κ2) is 6.54. The lowest BCUT2D eigenvalue weighted by atomic mass is 9.95. The fourth-order valence-corrected chi connectivity index (χ4v) is 2.39. The molecule has 98 valence electrons. The van der Waals surface area contributed by atoms with E-state index in [9.17, 15) is 8.42 Å². The predicted molar refractivity (Wildman–Crippen MR) is 67.3 cm³/mol. The molecule has 0 aliphatic carbocycles. The van der Waals surface area contributed by atoms with Crippen molar-refractivity contribution in [1.82, 2.24) is 9.03 Å². The van der Waals surface area contributed by atoms with Crippen molar-refractivity contribution in [2.24, 2.45) is 5.73 Å². The molecule has 0 heterocycles. The van der Waals surface area contributed by atoms with Gasteiger partial charge in [0.2, 0.25) is 0 Å². The number of nitrogens with zero attached hydrogens (tertiary/aromatic N) is 1. The zero-order valence-electron chi connectivity index (χ0n) is 10.8. The molecule has 0 saturated heterocycles. The quantitative estimate of drug-likeness (QED) is 0.666. The summed E-state index contributed by atoms with van der Waals surface area (Å²) < 4.78 is 27.4. The molecule has 5 nitrogen and oxygen atoms in total. The van der Waals surface area contributed by atoms with E-state index in [1.807, 2.05) is 20.8 Å². The van der Waals surface area contributed by atoms with E-state index in [2.05, 4.69) is 4.72 Å². The third-order valence-corrected chi connectivity index (χ3v) is 4.48. The Hall–Kier alpha value is -0.170. The second-order valence-electron chi connectivity index (χ2n) is 4.22. The molecule has 0 unspecified atom stereocenters. The Bertz CT molecular complexity index is 286. The average Bonchev–Trinajstić information content (AvgIpc) is 2.26. The van der Waals surface area contributed by atoms with Crippen LogP contribution in [-0.2, 0) is 10.2 Å². The average molecular weight is 251 g/mol. The molecular formula is C10H25N3O2S. The SMILES string of the molecule is CCCN(C)S(=O)(=O)NCC(N)(CC)CC. The summed E-state index contributed by atoms with van der Waals surface area (Å²) in [5, 5.41) is 0. The van der Waals surface area contributed by atoms with Gasteiger partial charge in [0.25, 0.3) is 10.2 Å². The minimum absolute atomic E-state index is 0.288. The Morgan fingerprint density at radius 2 is 1.75 bits per heavy atom. The summed E-state index contributed by atoms with van der Waals surface area (Å²) in [6.45, 7) is 6.68. The lowest BCUT2D eigenvalue weighted by Gasteiger charge is -2.28. The van der Waals surface area contributed by atoms with Gasteiger partial charge in [0.05, 0.1) is 0 Å². The van der Waals surface area contributed by atoms with Gasteiger partial charge in [-0.3, -0.25) is 0 Å². The second-order valence-corrected chi connectivity index (χ2v) is 6.08. The van der Waals surface area contributed by atoms with Crippen LogP contribution in [0.2, 0.25) is 0 Å². The summed E-state index contributed by atoms with van der Waals surface area (Å²) in [6, 6.07) is 0. The molecule has 16 heavy (non-hydrogen) atoms. The number of nitrogens with one attached hydrogen (secondary N) is 1. The smallest absolute Gasteiger partial charge is 0.279 e. The van der Waals surface area contributed by atoms with Crippen LogP contribution >= 0.6 is 0 Å². The van der Waals surface area contributed by atoms with E-state index in [4.69, 9.17) is 5.73 Å². The first-order valence-electron chi connectivity index (χ1n) is 5.81. The normalized spacial score (nSPS) is 13.4. The van der Waals surface area contributed by atoms with Crippen LogP contribution in [0.15, 0.2) is 0 Å². The van der Waals surface area contributed by atoms with Gasteiger partial charge in [0, 0.05) is 25.7 Å². The van der Waals surface area contributed by atoms with Crippen LogP contribution < -0.4 is 10.5 Å². The van der Waals surface area contributed by atoms with E-state index >= 15 is 0 Å². The van der Waals surface area contributed by atoms with Crippen molar-refractivity contribution in [3.8, 4) is 0 Å². The summed E-state index contributed by atoms with van der Waals surface area (Å²) >= 11 is 0. The lowest BCUT2D eigenvalue weighted by Crippen LogP contribution is -2.51. The van der Waals surface area contributed by atoms with Crippen LogP contribution in [0.1, 0.15) is 40.0 Å². The summed E-state index contributed by atoms with van der Waals surface area (Å²) in [7, 11) is -1.80. The highest BCUT2D eigenvalue weighted by Gasteiger charge is 2.24. The van der Waals surface area contributed by atoms with Crippen molar-refractivity contribution < 1.29 is 8.42 Å². The molecule has 0 aliphatic heterocycles. The zero-order chi connectivity index (χ0) is 12.8. The molecule has 0 atom stereocenters. The fourth-order valence-electron chi connectivity index (χ4n) is 1.28. The molecule has 0 aromatic carbocycles. The Kier molecular flexibility index (Phi) is 6.47. The van der Waals surface area contributed by atoms with E-state index in [1.54, 1.807) is 7.05 Å². The minimum Gasteiger partial charge on any atom is -0.324 e. The maximum absolute atomic E-state index is 11.8. The highest BCUT2D eigenvalue weighted by Crippen LogP contribution is 2.10. The molecule has 0 saturated carbocycles. The van der Waals surface area contributed by atoms with Crippen molar-refractivity contribution in [1.29, 1.82) is 0 Å². The Balaban J connectivity index is 4.39. The molecular weight excluding hydrogens is 226 g/mol. The number of hydrogen-bond donors (Lipinski definition) is 2. The fraction of sp³-hybridized carbons (Fsp3) is 1.00. The van der Waals surface area contributed by atoms with E-state index in [1.165, 1.54) is 4.31 Å². The zero-order valence-corrected chi connectivity index (χ0v) is 11.6. The Labute approximate surface area is 99.6 Å². The monoisotopic (exact) mass is 251 g/mol. The molecule has 0 bridgehead atoms. The minimum atomic E-state index is -3.37. The van der Waals surface area contributed by atoms with Gasteiger partial charge in [-0.1, -0.05) is 20.8 Å². The first-order valence-corrected chi connectivity index (χ1v) is 7.25. The largest absolute Gasteiger partial charge is 0.324 e. The first kappa shape index (κ1) is 15.8. The molecule has 0 fully saturated rings. The molecule has 0 amide bonds. The van der Waals surface area contributed by atoms with Gasteiger partial charge >= 0.3 is 0 Å². The number of rotatable bonds is 8. The third kappa shape index (κ3) is 4.78. The topological polar surface area (TPSA) is 75.4 Å². The highest BCUT2D eigenvalue weighted by atomic mass is 32.2. The van der Waals surface area contributed by atoms with Crippen LogP contribution in [-0.4, -0.2) is 38.4 Å². The highest BCUT2D eigenvalue weighted by molar-refractivity contribution is 7.87. The van der Waals surface area contributed by atoms with Crippen molar-refractivity contribution in [2.45, 2.75) is 45.6 Å².